The van der Waals surface area contributed by atoms with Gasteiger partial charge in [-0.1, -0.05) is 0 Å². The summed E-state index contributed by atoms with van der Waals surface area (Å²) in [7, 11) is 0. The van der Waals surface area contributed by atoms with E-state index in [0.717, 1.165) is 12.1 Å². The van der Waals surface area contributed by atoms with Crippen LogP contribution < -0.4 is 5.32 Å². The van der Waals surface area contributed by atoms with Gasteiger partial charge >= 0.3 is 6.03 Å². The summed E-state index contributed by atoms with van der Waals surface area (Å²) in [5.41, 5.74) is -0.337. The number of halogens is 3. The Morgan fingerprint density at radius 3 is 2.18 bits per heavy atom. The summed E-state index contributed by atoms with van der Waals surface area (Å²) in [6.07, 6.45) is 0. The SMILES string of the molecule is CC(C)(C)N1CCN(C(=O)Nc2ccc(F)c(F)c2F)CC1. The molecule has 122 valence electrons. The standard InChI is InChI=1S/C15H20F3N3O/c1-15(2,3)21-8-6-20(7-9-21)14(22)19-11-5-4-10(16)12(17)13(11)18/h4-5H,6-9H2,1-3H3,(H,19,22). The van der Waals surface area contributed by atoms with Gasteiger partial charge < -0.3 is 10.2 Å². The van der Waals surface area contributed by atoms with Crippen molar-refractivity contribution in [3.63, 3.8) is 0 Å². The summed E-state index contributed by atoms with van der Waals surface area (Å²) >= 11 is 0. The average molecular weight is 315 g/mol. The van der Waals surface area contributed by atoms with E-state index < -0.39 is 23.5 Å². The van der Waals surface area contributed by atoms with Crippen LogP contribution in [0.25, 0.3) is 0 Å². The van der Waals surface area contributed by atoms with Crippen molar-refractivity contribution >= 4 is 11.7 Å². The van der Waals surface area contributed by atoms with Gasteiger partial charge in [-0.3, -0.25) is 4.90 Å². The van der Waals surface area contributed by atoms with E-state index in [-0.39, 0.29) is 11.2 Å². The zero-order valence-electron chi connectivity index (χ0n) is 12.9. The zero-order chi connectivity index (χ0) is 16.5. The van der Waals surface area contributed by atoms with Crippen molar-refractivity contribution in [2.45, 2.75) is 26.3 Å². The van der Waals surface area contributed by atoms with Gasteiger partial charge in [0.05, 0.1) is 5.69 Å². The molecule has 0 spiro atoms. The maximum atomic E-state index is 13.6. The zero-order valence-corrected chi connectivity index (χ0v) is 12.9. The largest absolute Gasteiger partial charge is 0.322 e. The Morgan fingerprint density at radius 2 is 1.64 bits per heavy atom. The average Bonchev–Trinajstić information content (AvgIpc) is 2.47. The number of nitrogens with one attached hydrogen (secondary N) is 1. The van der Waals surface area contributed by atoms with Crippen LogP contribution >= 0.6 is 0 Å². The predicted molar refractivity (Wildman–Crippen MR) is 78.2 cm³/mol. The monoisotopic (exact) mass is 315 g/mol. The number of benzene rings is 1. The highest BCUT2D eigenvalue weighted by molar-refractivity contribution is 5.89. The van der Waals surface area contributed by atoms with Crippen molar-refractivity contribution in [2.75, 3.05) is 31.5 Å². The van der Waals surface area contributed by atoms with Crippen molar-refractivity contribution in [1.82, 2.24) is 9.80 Å². The first-order valence-corrected chi connectivity index (χ1v) is 7.14. The van der Waals surface area contributed by atoms with Gasteiger partial charge in [0.2, 0.25) is 0 Å². The van der Waals surface area contributed by atoms with Gasteiger partial charge in [-0.2, -0.15) is 0 Å². The fraction of sp³-hybridized carbons (Fsp3) is 0.533. The van der Waals surface area contributed by atoms with E-state index in [0.29, 0.717) is 26.2 Å². The lowest BCUT2D eigenvalue weighted by Crippen LogP contribution is -2.55. The Balaban J connectivity index is 1.99. The fourth-order valence-electron chi connectivity index (χ4n) is 2.40. The smallest absolute Gasteiger partial charge is 0.322 e. The molecule has 1 aliphatic heterocycles. The van der Waals surface area contributed by atoms with Crippen LogP contribution in [0, 0.1) is 17.5 Å². The minimum atomic E-state index is -1.59. The van der Waals surface area contributed by atoms with E-state index in [2.05, 4.69) is 31.0 Å². The first-order valence-electron chi connectivity index (χ1n) is 7.14. The van der Waals surface area contributed by atoms with Crippen LogP contribution in [0.15, 0.2) is 12.1 Å². The Morgan fingerprint density at radius 1 is 1.05 bits per heavy atom. The number of piperazine rings is 1. The molecular formula is C15H20F3N3O. The van der Waals surface area contributed by atoms with Crippen LogP contribution in [0.5, 0.6) is 0 Å². The lowest BCUT2D eigenvalue weighted by atomic mass is 10.1. The Bertz CT molecular complexity index is 564. The van der Waals surface area contributed by atoms with Gasteiger partial charge in [0.1, 0.15) is 0 Å². The number of amides is 2. The molecule has 1 heterocycles. The first kappa shape index (κ1) is 16.6. The Hall–Kier alpha value is -1.76. The van der Waals surface area contributed by atoms with E-state index in [4.69, 9.17) is 0 Å². The molecule has 0 aromatic heterocycles. The molecule has 0 unspecified atom stereocenters. The summed E-state index contributed by atoms with van der Waals surface area (Å²) < 4.78 is 39.6. The molecule has 7 heteroatoms. The fourth-order valence-corrected chi connectivity index (χ4v) is 2.40. The first-order chi connectivity index (χ1) is 10.2. The van der Waals surface area contributed by atoms with Crippen LogP contribution in [-0.4, -0.2) is 47.5 Å². The lowest BCUT2D eigenvalue weighted by Gasteiger charge is -2.42. The second kappa shape index (κ2) is 6.16. The minimum Gasteiger partial charge on any atom is -0.322 e. The molecule has 0 aliphatic carbocycles. The lowest BCUT2D eigenvalue weighted by molar-refractivity contribution is 0.0774. The van der Waals surface area contributed by atoms with E-state index in [1.54, 1.807) is 0 Å². The van der Waals surface area contributed by atoms with Crippen molar-refractivity contribution < 1.29 is 18.0 Å². The van der Waals surface area contributed by atoms with Gasteiger partial charge in [0.25, 0.3) is 0 Å². The highest BCUT2D eigenvalue weighted by Crippen LogP contribution is 2.21. The number of anilines is 1. The maximum Gasteiger partial charge on any atom is 0.322 e. The molecule has 1 fully saturated rings. The highest BCUT2D eigenvalue weighted by atomic mass is 19.2. The number of rotatable bonds is 1. The van der Waals surface area contributed by atoms with Crippen molar-refractivity contribution in [3.05, 3.63) is 29.6 Å². The van der Waals surface area contributed by atoms with Crippen molar-refractivity contribution in [1.29, 1.82) is 0 Å². The van der Waals surface area contributed by atoms with Crippen LogP contribution in [0.1, 0.15) is 20.8 Å². The third-order valence-corrected chi connectivity index (χ3v) is 3.79. The highest BCUT2D eigenvalue weighted by Gasteiger charge is 2.28. The number of hydrogen-bond donors (Lipinski definition) is 1. The summed E-state index contributed by atoms with van der Waals surface area (Å²) in [6.45, 7) is 8.69. The quantitative estimate of drug-likeness (QED) is 0.809. The Labute approximate surface area is 127 Å². The molecule has 0 radical (unpaired) electrons. The second-order valence-electron chi connectivity index (χ2n) is 6.30. The van der Waals surface area contributed by atoms with Gasteiger partial charge in [-0.15, -0.1) is 0 Å². The minimum absolute atomic E-state index is 0.0226. The molecule has 1 aromatic rings. The molecule has 1 aliphatic rings. The third kappa shape index (κ3) is 3.52. The van der Waals surface area contributed by atoms with E-state index in [9.17, 15) is 18.0 Å². The van der Waals surface area contributed by atoms with E-state index in [1.807, 2.05) is 0 Å². The summed E-state index contributed by atoms with van der Waals surface area (Å²) in [5, 5.41) is 2.29. The molecule has 1 saturated heterocycles. The van der Waals surface area contributed by atoms with Crippen LogP contribution in [-0.2, 0) is 0 Å². The van der Waals surface area contributed by atoms with E-state index in [1.165, 1.54) is 4.90 Å². The van der Waals surface area contributed by atoms with Crippen molar-refractivity contribution in [3.8, 4) is 0 Å². The van der Waals surface area contributed by atoms with Gasteiger partial charge in [-0.05, 0) is 32.9 Å². The number of urea groups is 1. The van der Waals surface area contributed by atoms with Crippen molar-refractivity contribution in [2.24, 2.45) is 0 Å². The number of carbonyl (C=O) groups is 1. The number of carbonyl (C=O) groups excluding carboxylic acids is 1. The topological polar surface area (TPSA) is 35.6 Å². The predicted octanol–water partition coefficient (Wildman–Crippen LogP) is 3.05. The molecular weight excluding hydrogens is 295 g/mol. The normalized spacial score (nSPS) is 16.7. The van der Waals surface area contributed by atoms with Gasteiger partial charge in [-0.25, -0.2) is 18.0 Å². The molecule has 4 nitrogen and oxygen atoms in total. The molecule has 1 N–H and O–H groups in total. The number of hydrogen-bond acceptors (Lipinski definition) is 2. The summed E-state index contributed by atoms with van der Waals surface area (Å²) in [4.78, 5) is 15.9. The molecule has 0 bridgehead atoms. The molecule has 2 rings (SSSR count). The Kier molecular flexibility index (Phi) is 4.65. The number of nitrogens with zero attached hydrogens (tertiary/aromatic N) is 2. The van der Waals surface area contributed by atoms with Crippen LogP contribution in [0.4, 0.5) is 23.7 Å². The second-order valence-corrected chi connectivity index (χ2v) is 6.30. The third-order valence-electron chi connectivity index (χ3n) is 3.79. The maximum absolute atomic E-state index is 13.6. The van der Waals surface area contributed by atoms with Gasteiger partial charge in [0, 0.05) is 31.7 Å². The van der Waals surface area contributed by atoms with Crippen LogP contribution in [0.2, 0.25) is 0 Å². The van der Waals surface area contributed by atoms with Gasteiger partial charge in [0.15, 0.2) is 17.5 Å². The molecule has 0 atom stereocenters. The summed E-state index contributed by atoms with van der Waals surface area (Å²) in [5.74, 6) is -4.26. The summed E-state index contributed by atoms with van der Waals surface area (Å²) in [6, 6.07) is 1.28. The molecule has 0 saturated carbocycles. The molecule has 2 amide bonds. The van der Waals surface area contributed by atoms with Crippen LogP contribution in [0.3, 0.4) is 0 Å². The molecule has 1 aromatic carbocycles. The van der Waals surface area contributed by atoms with E-state index >= 15 is 0 Å². The molecule has 22 heavy (non-hydrogen) atoms.